The molecule has 2 saturated carbocycles. The molecule has 3 fully saturated rings. The van der Waals surface area contributed by atoms with E-state index < -0.39 is 29.4 Å². The van der Waals surface area contributed by atoms with Gasteiger partial charge in [-0.2, -0.15) is 8.78 Å². The first kappa shape index (κ1) is 31.6. The number of ether oxygens (including phenoxy) is 3. The van der Waals surface area contributed by atoms with E-state index in [1.165, 1.54) is 75.6 Å². The van der Waals surface area contributed by atoms with Crippen LogP contribution in [0.1, 0.15) is 84.0 Å². The number of hydrogen-bond acceptors (Lipinski definition) is 3. The fraction of sp³-hybridized carbons (Fsp3) is 0.647. The van der Waals surface area contributed by atoms with E-state index in [-0.39, 0.29) is 36.2 Å². The van der Waals surface area contributed by atoms with E-state index in [2.05, 4.69) is 6.92 Å². The Labute approximate surface area is 252 Å². The largest absolute Gasteiger partial charge is 0.432 e. The maximum atomic E-state index is 15.1. The highest BCUT2D eigenvalue weighted by Crippen LogP contribution is 2.44. The lowest BCUT2D eigenvalue weighted by Gasteiger charge is -2.41. The van der Waals surface area contributed by atoms with E-state index in [0.717, 1.165) is 18.1 Å². The molecule has 1 heterocycles. The molecule has 0 amide bonds. The van der Waals surface area contributed by atoms with Crippen molar-refractivity contribution < 1.29 is 31.8 Å². The maximum absolute atomic E-state index is 15.1. The van der Waals surface area contributed by atoms with Gasteiger partial charge in [-0.15, -0.1) is 0 Å². The molecule has 0 unspecified atom stereocenters. The summed E-state index contributed by atoms with van der Waals surface area (Å²) in [5, 5.41) is 0.422. The Morgan fingerprint density at radius 2 is 1.40 bits per heavy atom. The third-order valence-corrected chi connectivity index (χ3v) is 10.0. The standard InChI is InChI=1S/C34H43ClF4O3/c1-2-3-4-5-22-6-8-23(9-7-22)26-20-40-33(41-21-26)25-10-14-27(15-11-25)34(38,39)42-29-18-30(36)32(31(37)19-29)24-12-16-28(35)17-13-24/h12-13,16-19,22-23,25-27,33H,2-11,14-15,20-21H2,1H3. The maximum Gasteiger partial charge on any atom is 0.400 e. The van der Waals surface area contributed by atoms with Crippen LogP contribution in [0.3, 0.4) is 0 Å². The van der Waals surface area contributed by atoms with Gasteiger partial charge in [0.2, 0.25) is 0 Å². The Balaban J connectivity index is 1.07. The highest BCUT2D eigenvalue weighted by Gasteiger charge is 2.46. The molecule has 0 atom stereocenters. The zero-order valence-corrected chi connectivity index (χ0v) is 25.2. The number of halogens is 5. The van der Waals surface area contributed by atoms with Gasteiger partial charge in [-0.3, -0.25) is 0 Å². The quantitative estimate of drug-likeness (QED) is 0.198. The van der Waals surface area contributed by atoms with E-state index in [1.807, 2.05) is 0 Å². The van der Waals surface area contributed by atoms with Crippen molar-refractivity contribution in [3.8, 4) is 16.9 Å². The van der Waals surface area contributed by atoms with Crippen molar-refractivity contribution in [3.63, 3.8) is 0 Å². The molecule has 3 nitrogen and oxygen atoms in total. The van der Waals surface area contributed by atoms with Crippen LogP contribution in [0.25, 0.3) is 11.1 Å². The third-order valence-electron chi connectivity index (χ3n) is 9.76. The van der Waals surface area contributed by atoms with Crippen LogP contribution in [-0.4, -0.2) is 25.6 Å². The van der Waals surface area contributed by atoms with Crippen molar-refractivity contribution >= 4 is 11.6 Å². The first-order valence-electron chi connectivity index (χ1n) is 15.8. The molecule has 8 heteroatoms. The molecule has 5 rings (SSSR count). The summed E-state index contributed by atoms with van der Waals surface area (Å²) in [4.78, 5) is 0. The normalized spacial score (nSPS) is 28.9. The van der Waals surface area contributed by atoms with Crippen molar-refractivity contribution in [1.82, 2.24) is 0 Å². The Kier molecular flexibility index (Phi) is 10.8. The van der Waals surface area contributed by atoms with E-state index in [1.54, 1.807) is 0 Å². The van der Waals surface area contributed by atoms with E-state index >= 15 is 8.78 Å². The van der Waals surface area contributed by atoms with Crippen LogP contribution in [-0.2, 0) is 9.47 Å². The first-order valence-corrected chi connectivity index (χ1v) is 16.2. The van der Waals surface area contributed by atoms with Gasteiger partial charge in [-0.25, -0.2) is 8.78 Å². The average Bonchev–Trinajstić information content (AvgIpc) is 2.98. The van der Waals surface area contributed by atoms with Crippen LogP contribution in [0.2, 0.25) is 5.02 Å². The summed E-state index contributed by atoms with van der Waals surface area (Å²) in [5.74, 6) is -1.55. The minimum absolute atomic E-state index is 0.0563. The molecule has 2 aromatic carbocycles. The Morgan fingerprint density at radius 1 is 0.810 bits per heavy atom. The molecule has 2 aromatic rings. The van der Waals surface area contributed by atoms with Crippen LogP contribution in [0.15, 0.2) is 36.4 Å². The Bertz CT molecular complexity index is 1110. The lowest BCUT2D eigenvalue weighted by molar-refractivity contribution is -0.251. The molecule has 0 spiro atoms. The van der Waals surface area contributed by atoms with Gasteiger partial charge in [0.05, 0.1) is 24.7 Å². The minimum Gasteiger partial charge on any atom is -0.432 e. The lowest BCUT2D eigenvalue weighted by Crippen LogP contribution is -2.43. The van der Waals surface area contributed by atoms with Crippen molar-refractivity contribution in [1.29, 1.82) is 0 Å². The van der Waals surface area contributed by atoms with Crippen molar-refractivity contribution in [2.24, 2.45) is 29.6 Å². The van der Waals surface area contributed by atoms with Gasteiger partial charge in [0, 0.05) is 29.0 Å². The zero-order chi connectivity index (χ0) is 29.7. The molecule has 3 aliphatic rings. The average molecular weight is 611 g/mol. The SMILES string of the molecule is CCCCCC1CCC(C2COC(C3CCC(C(F)(F)Oc4cc(F)c(-c5ccc(Cl)cc5)c(F)c4)CC3)OC2)CC1. The van der Waals surface area contributed by atoms with E-state index in [4.69, 9.17) is 25.8 Å². The summed E-state index contributed by atoms with van der Waals surface area (Å²) in [6.07, 6.45) is 8.00. The summed E-state index contributed by atoms with van der Waals surface area (Å²) < 4.78 is 77.0. The van der Waals surface area contributed by atoms with Crippen LogP contribution < -0.4 is 4.74 Å². The number of alkyl halides is 2. The molecule has 1 saturated heterocycles. The third kappa shape index (κ3) is 7.81. The summed E-state index contributed by atoms with van der Waals surface area (Å²) in [7, 11) is 0. The molecule has 0 radical (unpaired) electrons. The Morgan fingerprint density at radius 3 is 2.00 bits per heavy atom. The molecule has 1 aliphatic heterocycles. The van der Waals surface area contributed by atoms with Gasteiger partial charge in [-0.1, -0.05) is 69.2 Å². The molecular weight excluding hydrogens is 568 g/mol. The summed E-state index contributed by atoms with van der Waals surface area (Å²) in [5.41, 5.74) is -0.0534. The second kappa shape index (κ2) is 14.3. The molecule has 42 heavy (non-hydrogen) atoms. The summed E-state index contributed by atoms with van der Waals surface area (Å²) in [6.45, 7) is 3.61. The molecular formula is C34H43ClF4O3. The predicted octanol–water partition coefficient (Wildman–Crippen LogP) is 10.4. The molecule has 0 bridgehead atoms. The fourth-order valence-corrected chi connectivity index (χ4v) is 7.30. The lowest BCUT2D eigenvalue weighted by atomic mass is 9.74. The number of unbranched alkanes of at least 4 members (excludes halogenated alkanes) is 2. The molecule has 2 aliphatic carbocycles. The van der Waals surface area contributed by atoms with Gasteiger partial charge in [0.25, 0.3) is 0 Å². The molecule has 0 N–H and O–H groups in total. The molecule has 232 valence electrons. The second-order valence-corrected chi connectivity index (χ2v) is 13.1. The van der Waals surface area contributed by atoms with Crippen LogP contribution in [0.5, 0.6) is 5.75 Å². The monoisotopic (exact) mass is 610 g/mol. The van der Waals surface area contributed by atoms with Crippen LogP contribution >= 0.6 is 11.6 Å². The summed E-state index contributed by atoms with van der Waals surface area (Å²) >= 11 is 5.85. The Hall–Kier alpha value is -1.83. The van der Waals surface area contributed by atoms with Crippen LogP contribution in [0, 0.1) is 41.2 Å². The fourth-order valence-electron chi connectivity index (χ4n) is 7.18. The highest BCUT2D eigenvalue weighted by atomic mass is 35.5. The predicted molar refractivity (Wildman–Crippen MR) is 157 cm³/mol. The van der Waals surface area contributed by atoms with Gasteiger partial charge in [0.15, 0.2) is 6.29 Å². The van der Waals surface area contributed by atoms with Crippen molar-refractivity contribution in [3.05, 3.63) is 53.1 Å². The topological polar surface area (TPSA) is 27.7 Å². The van der Waals surface area contributed by atoms with Gasteiger partial charge in [0.1, 0.15) is 17.4 Å². The summed E-state index contributed by atoms with van der Waals surface area (Å²) in [6, 6.07) is 7.58. The number of hydrogen-bond donors (Lipinski definition) is 0. The zero-order valence-electron chi connectivity index (χ0n) is 24.4. The minimum atomic E-state index is -3.56. The van der Waals surface area contributed by atoms with Gasteiger partial charge in [-0.05, 0) is 68.1 Å². The number of rotatable bonds is 10. The van der Waals surface area contributed by atoms with Crippen molar-refractivity contribution in [2.45, 2.75) is 96.4 Å². The first-order chi connectivity index (χ1) is 20.2. The van der Waals surface area contributed by atoms with E-state index in [0.29, 0.717) is 42.9 Å². The van der Waals surface area contributed by atoms with Gasteiger partial charge < -0.3 is 14.2 Å². The van der Waals surface area contributed by atoms with Crippen LogP contribution in [0.4, 0.5) is 17.6 Å². The molecule has 0 aromatic heterocycles. The second-order valence-electron chi connectivity index (χ2n) is 12.6. The van der Waals surface area contributed by atoms with E-state index in [9.17, 15) is 8.78 Å². The van der Waals surface area contributed by atoms with Gasteiger partial charge >= 0.3 is 6.11 Å². The smallest absolute Gasteiger partial charge is 0.400 e. The van der Waals surface area contributed by atoms with Crippen molar-refractivity contribution in [2.75, 3.05) is 13.2 Å². The number of benzene rings is 2. The highest BCUT2D eigenvalue weighted by molar-refractivity contribution is 6.30.